The van der Waals surface area contributed by atoms with Crippen LogP contribution < -0.4 is 4.90 Å². The Kier molecular flexibility index (Phi) is 5.54. The van der Waals surface area contributed by atoms with Crippen LogP contribution in [0.2, 0.25) is 0 Å². The van der Waals surface area contributed by atoms with E-state index < -0.39 is 5.92 Å². The molecule has 0 N–H and O–H groups in total. The molecule has 0 spiro atoms. The van der Waals surface area contributed by atoms with Crippen molar-refractivity contribution in [3.05, 3.63) is 29.8 Å². The first-order valence-electron chi connectivity index (χ1n) is 9.19. The van der Waals surface area contributed by atoms with Crippen molar-refractivity contribution in [1.82, 2.24) is 0 Å². The smallest absolute Gasteiger partial charge is 0.318 e. The van der Waals surface area contributed by atoms with Crippen molar-refractivity contribution in [2.24, 2.45) is 11.8 Å². The average molecular weight is 329 g/mol. The predicted octanol–water partition coefficient (Wildman–Crippen LogP) is 3.73. The first-order chi connectivity index (χ1) is 11.7. The van der Waals surface area contributed by atoms with Crippen LogP contribution in [0.5, 0.6) is 0 Å². The molecule has 2 aliphatic rings. The number of aryl methyl sites for hydroxylation is 1. The molecule has 0 bridgehead atoms. The molecule has 0 unspecified atom stereocenters. The Morgan fingerprint density at radius 1 is 1.08 bits per heavy atom. The van der Waals surface area contributed by atoms with E-state index in [0.717, 1.165) is 44.2 Å². The van der Waals surface area contributed by atoms with Crippen LogP contribution in [0, 0.1) is 11.8 Å². The highest BCUT2D eigenvalue weighted by atomic mass is 16.5. The SMILES string of the molecule is COC(=O)[C@H](C(=O)N1CCCc2ccccc21)C1CCCCCC1. The van der Waals surface area contributed by atoms with Crippen LogP contribution in [0.3, 0.4) is 0 Å². The summed E-state index contributed by atoms with van der Waals surface area (Å²) in [5, 5.41) is 0. The van der Waals surface area contributed by atoms with Gasteiger partial charge in [0.1, 0.15) is 5.92 Å². The number of anilines is 1. The van der Waals surface area contributed by atoms with E-state index in [1.54, 1.807) is 0 Å². The van der Waals surface area contributed by atoms with Gasteiger partial charge in [0.2, 0.25) is 5.91 Å². The Bertz CT molecular complexity index is 590. The number of benzene rings is 1. The molecule has 1 amide bonds. The van der Waals surface area contributed by atoms with E-state index in [1.807, 2.05) is 23.1 Å². The molecule has 1 saturated carbocycles. The number of amides is 1. The van der Waals surface area contributed by atoms with Crippen molar-refractivity contribution >= 4 is 17.6 Å². The number of para-hydroxylation sites is 1. The van der Waals surface area contributed by atoms with Gasteiger partial charge in [0.25, 0.3) is 0 Å². The van der Waals surface area contributed by atoms with Crippen molar-refractivity contribution in [3.63, 3.8) is 0 Å². The molecule has 0 aromatic heterocycles. The van der Waals surface area contributed by atoms with Gasteiger partial charge in [-0.25, -0.2) is 0 Å². The van der Waals surface area contributed by atoms with Gasteiger partial charge in [-0.05, 0) is 43.2 Å². The van der Waals surface area contributed by atoms with Crippen LogP contribution >= 0.6 is 0 Å². The number of esters is 1. The van der Waals surface area contributed by atoms with Gasteiger partial charge in [0.15, 0.2) is 0 Å². The summed E-state index contributed by atoms with van der Waals surface area (Å²) in [5.74, 6) is -0.975. The lowest BCUT2D eigenvalue weighted by molar-refractivity contribution is -0.152. The zero-order valence-corrected chi connectivity index (χ0v) is 14.5. The molecular formula is C20H27NO3. The van der Waals surface area contributed by atoms with Crippen LogP contribution in [-0.2, 0) is 20.7 Å². The molecule has 1 atom stereocenters. The van der Waals surface area contributed by atoms with Gasteiger partial charge >= 0.3 is 5.97 Å². The highest BCUT2D eigenvalue weighted by Gasteiger charge is 2.39. The minimum absolute atomic E-state index is 0.0686. The van der Waals surface area contributed by atoms with Crippen molar-refractivity contribution in [2.45, 2.75) is 51.4 Å². The van der Waals surface area contributed by atoms with Gasteiger partial charge in [0, 0.05) is 12.2 Å². The molecule has 130 valence electrons. The van der Waals surface area contributed by atoms with Crippen molar-refractivity contribution in [1.29, 1.82) is 0 Å². The topological polar surface area (TPSA) is 46.6 Å². The maximum absolute atomic E-state index is 13.3. The summed E-state index contributed by atoms with van der Waals surface area (Å²) < 4.78 is 5.02. The molecule has 0 saturated heterocycles. The highest BCUT2D eigenvalue weighted by molar-refractivity contribution is 6.07. The minimum Gasteiger partial charge on any atom is -0.468 e. The number of methoxy groups -OCH3 is 1. The lowest BCUT2D eigenvalue weighted by Crippen LogP contribution is -2.45. The number of nitrogens with zero attached hydrogens (tertiary/aromatic N) is 1. The first-order valence-corrected chi connectivity index (χ1v) is 9.19. The lowest BCUT2D eigenvalue weighted by Gasteiger charge is -2.34. The summed E-state index contributed by atoms with van der Waals surface area (Å²) in [6.07, 6.45) is 8.43. The van der Waals surface area contributed by atoms with Crippen LogP contribution in [0.4, 0.5) is 5.69 Å². The van der Waals surface area contributed by atoms with E-state index in [2.05, 4.69) is 6.07 Å². The maximum atomic E-state index is 13.3. The molecule has 4 nitrogen and oxygen atoms in total. The molecule has 1 heterocycles. The molecule has 0 radical (unpaired) electrons. The summed E-state index contributed by atoms with van der Waals surface area (Å²) in [7, 11) is 1.39. The number of carbonyl (C=O) groups excluding carboxylic acids is 2. The Morgan fingerprint density at radius 2 is 1.79 bits per heavy atom. The fourth-order valence-corrected chi connectivity index (χ4v) is 4.20. The molecule has 1 aromatic rings. The second-order valence-electron chi connectivity index (χ2n) is 6.97. The highest BCUT2D eigenvalue weighted by Crippen LogP contribution is 2.34. The number of carbonyl (C=O) groups is 2. The van der Waals surface area contributed by atoms with Crippen molar-refractivity contribution < 1.29 is 14.3 Å². The molecule has 1 aliphatic carbocycles. The van der Waals surface area contributed by atoms with Gasteiger partial charge < -0.3 is 9.64 Å². The van der Waals surface area contributed by atoms with E-state index in [0.29, 0.717) is 6.54 Å². The van der Waals surface area contributed by atoms with Crippen LogP contribution in [-0.4, -0.2) is 25.5 Å². The van der Waals surface area contributed by atoms with Gasteiger partial charge in [-0.15, -0.1) is 0 Å². The third-order valence-electron chi connectivity index (χ3n) is 5.47. The Balaban J connectivity index is 1.87. The second kappa shape index (κ2) is 7.82. The maximum Gasteiger partial charge on any atom is 0.318 e. The monoisotopic (exact) mass is 329 g/mol. The van der Waals surface area contributed by atoms with E-state index in [4.69, 9.17) is 4.74 Å². The fourth-order valence-electron chi connectivity index (χ4n) is 4.20. The fraction of sp³-hybridized carbons (Fsp3) is 0.600. The zero-order valence-electron chi connectivity index (χ0n) is 14.5. The third kappa shape index (κ3) is 3.47. The molecule has 3 rings (SSSR count). The van der Waals surface area contributed by atoms with Crippen molar-refractivity contribution in [3.8, 4) is 0 Å². The van der Waals surface area contributed by atoms with Gasteiger partial charge in [0.05, 0.1) is 7.11 Å². The number of rotatable bonds is 3. The Hall–Kier alpha value is -1.84. The Labute approximate surface area is 144 Å². The standard InChI is InChI=1S/C20H27NO3/c1-24-20(23)18(16-10-4-2-3-5-11-16)19(22)21-14-8-12-15-9-6-7-13-17(15)21/h6-7,9,13,16,18H,2-5,8,10-12,14H2,1H3/t18-/m0/s1. The summed E-state index contributed by atoms with van der Waals surface area (Å²) in [6.45, 7) is 0.691. The number of ether oxygens (including phenoxy) is 1. The first kappa shape index (κ1) is 17.0. The largest absolute Gasteiger partial charge is 0.468 e. The van der Waals surface area contributed by atoms with E-state index in [1.165, 1.54) is 25.5 Å². The van der Waals surface area contributed by atoms with Crippen LogP contribution in [0.25, 0.3) is 0 Å². The average Bonchev–Trinajstić information content (AvgIpc) is 2.90. The van der Waals surface area contributed by atoms with Crippen LogP contribution in [0.1, 0.15) is 50.5 Å². The zero-order chi connectivity index (χ0) is 16.9. The van der Waals surface area contributed by atoms with Gasteiger partial charge in [-0.3, -0.25) is 9.59 Å². The molecule has 1 aliphatic heterocycles. The Morgan fingerprint density at radius 3 is 2.50 bits per heavy atom. The molecule has 1 aromatic carbocycles. The summed E-state index contributed by atoms with van der Waals surface area (Å²) in [4.78, 5) is 27.6. The second-order valence-corrected chi connectivity index (χ2v) is 6.97. The summed E-state index contributed by atoms with van der Waals surface area (Å²) in [5.41, 5.74) is 2.16. The van der Waals surface area contributed by atoms with E-state index in [-0.39, 0.29) is 17.8 Å². The summed E-state index contributed by atoms with van der Waals surface area (Å²) >= 11 is 0. The van der Waals surface area contributed by atoms with Crippen LogP contribution in [0.15, 0.2) is 24.3 Å². The predicted molar refractivity (Wildman–Crippen MR) is 93.8 cm³/mol. The van der Waals surface area contributed by atoms with Gasteiger partial charge in [-0.2, -0.15) is 0 Å². The van der Waals surface area contributed by atoms with Crippen molar-refractivity contribution in [2.75, 3.05) is 18.6 Å². The lowest BCUT2D eigenvalue weighted by atomic mass is 9.84. The number of fused-ring (bicyclic) bond motifs is 1. The third-order valence-corrected chi connectivity index (χ3v) is 5.47. The molecule has 24 heavy (non-hydrogen) atoms. The quantitative estimate of drug-likeness (QED) is 0.482. The molecule has 4 heteroatoms. The van der Waals surface area contributed by atoms with Gasteiger partial charge in [-0.1, -0.05) is 43.9 Å². The van der Waals surface area contributed by atoms with E-state index in [9.17, 15) is 9.59 Å². The van der Waals surface area contributed by atoms with E-state index >= 15 is 0 Å². The minimum atomic E-state index is -0.653. The number of hydrogen-bond acceptors (Lipinski definition) is 3. The number of hydrogen-bond donors (Lipinski definition) is 0. The molecular weight excluding hydrogens is 302 g/mol. The summed E-state index contributed by atoms with van der Waals surface area (Å²) in [6, 6.07) is 8.04. The normalized spacial score (nSPS) is 20.0. The molecule has 1 fully saturated rings.